The van der Waals surface area contributed by atoms with Gasteiger partial charge in [0.25, 0.3) is 0 Å². The molecule has 1 heterocycles. The lowest BCUT2D eigenvalue weighted by Crippen LogP contribution is -2.07. The fourth-order valence-corrected chi connectivity index (χ4v) is 1.67. The number of hydrogen-bond donors (Lipinski definition) is 1. The predicted molar refractivity (Wildman–Crippen MR) is 76.7 cm³/mol. The number of hydrogen-bond acceptors (Lipinski definition) is 3. The fourth-order valence-electron chi connectivity index (χ4n) is 1.47. The van der Waals surface area contributed by atoms with E-state index in [0.717, 1.165) is 5.56 Å². The summed E-state index contributed by atoms with van der Waals surface area (Å²) in [5, 5.41) is 11.1. The van der Waals surface area contributed by atoms with Crippen molar-refractivity contribution in [3.8, 4) is 0 Å². The average molecular weight is 274 g/mol. The van der Waals surface area contributed by atoms with Crippen LogP contribution in [-0.4, -0.2) is 16.1 Å². The largest absolute Gasteiger partial charge is 0.309 e. The second-order valence-electron chi connectivity index (χ2n) is 3.91. The molecule has 0 aliphatic heterocycles. The van der Waals surface area contributed by atoms with Gasteiger partial charge in [-0.1, -0.05) is 29.8 Å². The molecule has 1 N–H and O–H groups in total. The molecule has 0 unspecified atom stereocenters. The summed E-state index contributed by atoms with van der Waals surface area (Å²) < 4.78 is 0. The zero-order valence-corrected chi connectivity index (χ0v) is 11.1. The van der Waals surface area contributed by atoms with E-state index in [-0.39, 0.29) is 5.91 Å². The van der Waals surface area contributed by atoms with Crippen LogP contribution in [0.5, 0.6) is 0 Å². The molecule has 0 aliphatic carbocycles. The third kappa shape index (κ3) is 4.19. The Labute approximate surface area is 116 Å². The second kappa shape index (κ2) is 6.11. The highest BCUT2D eigenvalue weighted by Crippen LogP contribution is 2.13. The summed E-state index contributed by atoms with van der Waals surface area (Å²) in [6.45, 7) is 1.43. The molecule has 1 amide bonds. The van der Waals surface area contributed by atoms with Crippen LogP contribution in [0.1, 0.15) is 18.2 Å². The van der Waals surface area contributed by atoms with Crippen LogP contribution >= 0.6 is 11.6 Å². The van der Waals surface area contributed by atoms with Gasteiger partial charge in [-0.25, -0.2) is 0 Å². The SMILES string of the molecule is CC(=O)Nc1ccc(/C=C/c2cccc(Cl)c2)nn1. The minimum Gasteiger partial charge on any atom is -0.309 e. The molecular formula is C14H12ClN3O. The standard InChI is InChI=1S/C14H12ClN3O/c1-10(19)16-14-8-7-13(17-18-14)6-5-11-3-2-4-12(15)9-11/h2-9H,1H3,(H,16,18,19)/b6-5+. The van der Waals surface area contributed by atoms with Gasteiger partial charge >= 0.3 is 0 Å². The van der Waals surface area contributed by atoms with Crippen LogP contribution in [0, 0.1) is 0 Å². The molecule has 0 fully saturated rings. The Morgan fingerprint density at radius 2 is 2.05 bits per heavy atom. The normalized spacial score (nSPS) is 10.6. The molecule has 1 aromatic heterocycles. The van der Waals surface area contributed by atoms with Crippen LogP contribution in [-0.2, 0) is 4.79 Å². The molecular weight excluding hydrogens is 262 g/mol. The highest BCUT2D eigenvalue weighted by Gasteiger charge is 1.97. The molecule has 0 saturated carbocycles. The van der Waals surface area contributed by atoms with Crippen molar-refractivity contribution in [3.05, 3.63) is 52.7 Å². The second-order valence-corrected chi connectivity index (χ2v) is 4.35. The Morgan fingerprint density at radius 3 is 2.68 bits per heavy atom. The number of carbonyl (C=O) groups is 1. The van der Waals surface area contributed by atoms with Crippen molar-refractivity contribution in [2.75, 3.05) is 5.32 Å². The van der Waals surface area contributed by atoms with E-state index >= 15 is 0 Å². The van der Waals surface area contributed by atoms with Gasteiger partial charge < -0.3 is 5.32 Å². The van der Waals surface area contributed by atoms with Crippen LogP contribution in [0.4, 0.5) is 5.82 Å². The summed E-state index contributed by atoms with van der Waals surface area (Å²) in [6, 6.07) is 11.0. The third-order valence-electron chi connectivity index (χ3n) is 2.28. The molecule has 2 rings (SSSR count). The highest BCUT2D eigenvalue weighted by atomic mass is 35.5. The molecule has 0 bridgehead atoms. The Kier molecular flexibility index (Phi) is 4.26. The van der Waals surface area contributed by atoms with Crippen molar-refractivity contribution < 1.29 is 4.79 Å². The monoisotopic (exact) mass is 273 g/mol. The van der Waals surface area contributed by atoms with E-state index < -0.39 is 0 Å². The van der Waals surface area contributed by atoms with Crippen LogP contribution in [0.2, 0.25) is 5.02 Å². The zero-order valence-electron chi connectivity index (χ0n) is 10.3. The van der Waals surface area contributed by atoms with Crippen molar-refractivity contribution in [1.82, 2.24) is 10.2 Å². The number of anilines is 1. The number of aromatic nitrogens is 2. The highest BCUT2D eigenvalue weighted by molar-refractivity contribution is 6.30. The first-order chi connectivity index (χ1) is 9.13. The number of amides is 1. The first kappa shape index (κ1) is 13.2. The summed E-state index contributed by atoms with van der Waals surface area (Å²) in [5.74, 6) is 0.268. The van der Waals surface area contributed by atoms with E-state index in [1.54, 1.807) is 12.1 Å². The lowest BCUT2D eigenvalue weighted by molar-refractivity contribution is -0.114. The van der Waals surface area contributed by atoms with Gasteiger partial charge in [-0.05, 0) is 35.9 Å². The smallest absolute Gasteiger partial charge is 0.222 e. The van der Waals surface area contributed by atoms with Crippen molar-refractivity contribution in [2.45, 2.75) is 6.92 Å². The van der Waals surface area contributed by atoms with Crippen LogP contribution in [0.15, 0.2) is 36.4 Å². The maximum Gasteiger partial charge on any atom is 0.222 e. The lowest BCUT2D eigenvalue weighted by atomic mass is 10.2. The maximum absolute atomic E-state index is 10.8. The van der Waals surface area contributed by atoms with Crippen molar-refractivity contribution in [3.63, 3.8) is 0 Å². The van der Waals surface area contributed by atoms with E-state index in [0.29, 0.717) is 16.5 Å². The van der Waals surface area contributed by atoms with E-state index in [4.69, 9.17) is 11.6 Å². The molecule has 0 saturated heterocycles. The van der Waals surface area contributed by atoms with Crippen molar-refractivity contribution in [2.24, 2.45) is 0 Å². The van der Waals surface area contributed by atoms with Crippen LogP contribution in [0.25, 0.3) is 12.2 Å². The van der Waals surface area contributed by atoms with Crippen molar-refractivity contribution >= 4 is 35.5 Å². The van der Waals surface area contributed by atoms with Gasteiger partial charge in [-0.3, -0.25) is 4.79 Å². The van der Waals surface area contributed by atoms with E-state index in [2.05, 4.69) is 15.5 Å². The maximum atomic E-state index is 10.8. The van der Waals surface area contributed by atoms with Gasteiger partial charge in [0.05, 0.1) is 5.69 Å². The van der Waals surface area contributed by atoms with E-state index in [1.807, 2.05) is 36.4 Å². The predicted octanol–water partition coefficient (Wildman–Crippen LogP) is 3.26. The topological polar surface area (TPSA) is 54.9 Å². The van der Waals surface area contributed by atoms with Gasteiger partial charge in [0.15, 0.2) is 5.82 Å². The molecule has 4 nitrogen and oxygen atoms in total. The van der Waals surface area contributed by atoms with E-state index in [9.17, 15) is 4.79 Å². The first-order valence-corrected chi connectivity index (χ1v) is 6.06. The summed E-state index contributed by atoms with van der Waals surface area (Å²) in [4.78, 5) is 10.8. The lowest BCUT2D eigenvalue weighted by Gasteiger charge is -1.99. The number of carbonyl (C=O) groups excluding carboxylic acids is 1. The summed E-state index contributed by atoms with van der Waals surface area (Å²) in [6.07, 6.45) is 3.73. The molecule has 0 atom stereocenters. The van der Waals surface area contributed by atoms with E-state index in [1.165, 1.54) is 6.92 Å². The summed E-state index contributed by atoms with van der Waals surface area (Å²) in [7, 11) is 0. The van der Waals surface area contributed by atoms with Gasteiger partial charge in [0.2, 0.25) is 5.91 Å². The Morgan fingerprint density at radius 1 is 1.21 bits per heavy atom. The van der Waals surface area contributed by atoms with Crippen LogP contribution in [0.3, 0.4) is 0 Å². The van der Waals surface area contributed by atoms with Crippen molar-refractivity contribution in [1.29, 1.82) is 0 Å². The molecule has 2 aromatic rings. The Bertz CT molecular complexity index is 608. The summed E-state index contributed by atoms with van der Waals surface area (Å²) in [5.41, 5.74) is 1.69. The van der Waals surface area contributed by atoms with Crippen LogP contribution < -0.4 is 5.32 Å². The minimum atomic E-state index is -0.170. The van der Waals surface area contributed by atoms with Gasteiger partial charge in [-0.15, -0.1) is 10.2 Å². The Balaban J connectivity index is 2.09. The number of rotatable bonds is 3. The van der Waals surface area contributed by atoms with Gasteiger partial charge in [0, 0.05) is 11.9 Å². The minimum absolute atomic E-state index is 0.170. The number of nitrogens with zero attached hydrogens (tertiary/aromatic N) is 2. The quantitative estimate of drug-likeness (QED) is 0.934. The zero-order chi connectivity index (χ0) is 13.7. The molecule has 0 spiro atoms. The number of nitrogens with one attached hydrogen (secondary N) is 1. The fraction of sp³-hybridized carbons (Fsp3) is 0.0714. The molecule has 5 heteroatoms. The Hall–Kier alpha value is -2.20. The average Bonchev–Trinajstić information content (AvgIpc) is 2.37. The molecule has 19 heavy (non-hydrogen) atoms. The summed E-state index contributed by atoms with van der Waals surface area (Å²) >= 11 is 5.89. The molecule has 0 radical (unpaired) electrons. The van der Waals surface area contributed by atoms with Gasteiger partial charge in [0.1, 0.15) is 0 Å². The first-order valence-electron chi connectivity index (χ1n) is 5.68. The molecule has 96 valence electrons. The number of halogens is 1. The van der Waals surface area contributed by atoms with Gasteiger partial charge in [-0.2, -0.15) is 0 Å². The third-order valence-corrected chi connectivity index (χ3v) is 2.52. The molecule has 1 aromatic carbocycles. The number of benzene rings is 1. The molecule has 0 aliphatic rings.